The molecule has 2 aromatic rings. The van der Waals surface area contributed by atoms with Crippen molar-refractivity contribution in [1.82, 2.24) is 4.98 Å². The van der Waals surface area contributed by atoms with Gasteiger partial charge in [-0.05, 0) is 51.5 Å². The van der Waals surface area contributed by atoms with Crippen molar-refractivity contribution in [2.24, 2.45) is 0 Å². The molecule has 25 heavy (non-hydrogen) atoms. The zero-order chi connectivity index (χ0) is 18.4. The molecule has 1 aliphatic rings. The summed E-state index contributed by atoms with van der Waals surface area (Å²) in [6.45, 7) is 7.86. The fourth-order valence-electron chi connectivity index (χ4n) is 3.10. The third kappa shape index (κ3) is 3.18. The number of methoxy groups -OCH3 is 1. The van der Waals surface area contributed by atoms with E-state index in [-0.39, 0.29) is 24.0 Å². The molecule has 1 fully saturated rings. The first-order valence-corrected chi connectivity index (χ1v) is 8.33. The van der Waals surface area contributed by atoms with Crippen molar-refractivity contribution in [3.63, 3.8) is 0 Å². The van der Waals surface area contributed by atoms with Crippen LogP contribution in [0, 0.1) is 5.82 Å². The average Bonchev–Trinajstić information content (AvgIpc) is 3.02. The molecule has 1 aromatic carbocycles. The highest BCUT2D eigenvalue weighted by atomic mass is 19.1. The summed E-state index contributed by atoms with van der Waals surface area (Å²) in [4.78, 5) is 15.0. The molecular formula is C18H23BFNO4. The van der Waals surface area contributed by atoms with Gasteiger partial charge >= 0.3 is 13.1 Å². The monoisotopic (exact) mass is 347 g/mol. The second-order valence-electron chi connectivity index (χ2n) is 7.45. The Morgan fingerprint density at radius 1 is 1.28 bits per heavy atom. The summed E-state index contributed by atoms with van der Waals surface area (Å²) in [7, 11) is 0.752. The Labute approximate surface area is 147 Å². The van der Waals surface area contributed by atoms with Gasteiger partial charge in [0.25, 0.3) is 0 Å². The third-order valence-corrected chi connectivity index (χ3v) is 5.29. The molecule has 7 heteroatoms. The maximum Gasteiger partial charge on any atom is 0.466 e. The zero-order valence-electron chi connectivity index (χ0n) is 15.2. The first-order valence-electron chi connectivity index (χ1n) is 8.33. The van der Waals surface area contributed by atoms with E-state index in [4.69, 9.17) is 14.0 Å². The highest BCUT2D eigenvalue weighted by molar-refractivity contribution is 6.48. The molecule has 1 unspecified atom stereocenters. The molecular weight excluding hydrogens is 324 g/mol. The van der Waals surface area contributed by atoms with Crippen molar-refractivity contribution in [1.29, 1.82) is 0 Å². The zero-order valence-corrected chi connectivity index (χ0v) is 15.2. The number of benzene rings is 1. The van der Waals surface area contributed by atoms with Crippen molar-refractivity contribution in [3.8, 4) is 0 Å². The lowest BCUT2D eigenvalue weighted by molar-refractivity contribution is -0.140. The molecule has 1 aliphatic heterocycles. The molecule has 2 heterocycles. The fraction of sp³-hybridized carbons (Fsp3) is 0.500. The van der Waals surface area contributed by atoms with Crippen LogP contribution in [0.2, 0.25) is 0 Å². The lowest BCUT2D eigenvalue weighted by atomic mass is 9.66. The number of halogens is 1. The summed E-state index contributed by atoms with van der Waals surface area (Å²) >= 11 is 0. The maximum atomic E-state index is 13.5. The van der Waals surface area contributed by atoms with Crippen molar-refractivity contribution in [2.75, 3.05) is 7.11 Å². The molecule has 1 aromatic heterocycles. The van der Waals surface area contributed by atoms with Crippen molar-refractivity contribution < 1.29 is 23.2 Å². The number of rotatable bonds is 4. The minimum atomic E-state index is -0.604. The number of hydrogen-bond acceptors (Lipinski definition) is 4. The van der Waals surface area contributed by atoms with Gasteiger partial charge in [0.15, 0.2) is 0 Å². The molecule has 5 nitrogen and oxygen atoms in total. The summed E-state index contributed by atoms with van der Waals surface area (Å²) in [5.41, 5.74) is 0.495. The molecule has 1 atom stereocenters. The van der Waals surface area contributed by atoms with Gasteiger partial charge in [0.2, 0.25) is 0 Å². The van der Waals surface area contributed by atoms with Crippen LogP contribution >= 0.6 is 0 Å². The Morgan fingerprint density at radius 2 is 1.92 bits per heavy atom. The van der Waals surface area contributed by atoms with E-state index in [0.29, 0.717) is 5.52 Å². The molecule has 0 bridgehead atoms. The summed E-state index contributed by atoms with van der Waals surface area (Å²) < 4.78 is 30.6. The van der Waals surface area contributed by atoms with E-state index in [1.807, 2.05) is 27.7 Å². The van der Waals surface area contributed by atoms with E-state index >= 15 is 0 Å². The molecule has 1 saturated heterocycles. The Balaban J connectivity index is 2.02. The fourth-order valence-corrected chi connectivity index (χ4v) is 3.10. The average molecular weight is 347 g/mol. The number of esters is 1. The molecule has 134 valence electrons. The summed E-state index contributed by atoms with van der Waals surface area (Å²) in [5.74, 6) is -1.04. The van der Waals surface area contributed by atoms with Crippen LogP contribution in [0.5, 0.6) is 0 Å². The van der Waals surface area contributed by atoms with E-state index in [0.717, 1.165) is 10.9 Å². The Morgan fingerprint density at radius 3 is 2.52 bits per heavy atom. The Kier molecular flexibility index (Phi) is 4.41. The SMILES string of the molecule is COC(=O)CC(B1OC(C)(C)C(C)(C)O1)c1c[nH]c2cc(F)ccc12. The first-order chi connectivity index (χ1) is 11.6. The maximum absolute atomic E-state index is 13.5. The minimum absolute atomic E-state index is 0.109. The van der Waals surface area contributed by atoms with E-state index in [1.165, 1.54) is 19.2 Å². The Hall–Kier alpha value is -1.86. The van der Waals surface area contributed by atoms with Crippen LogP contribution in [0.1, 0.15) is 45.5 Å². The van der Waals surface area contributed by atoms with Crippen LogP contribution in [-0.4, -0.2) is 36.4 Å². The van der Waals surface area contributed by atoms with Gasteiger partial charge < -0.3 is 19.0 Å². The number of carbonyl (C=O) groups excluding carboxylic acids is 1. The van der Waals surface area contributed by atoms with Crippen LogP contribution < -0.4 is 0 Å². The predicted molar refractivity (Wildman–Crippen MR) is 93.7 cm³/mol. The number of hydrogen-bond donors (Lipinski definition) is 1. The summed E-state index contributed by atoms with van der Waals surface area (Å²) in [5, 5.41) is 0.838. The smallest absolute Gasteiger partial charge is 0.466 e. The van der Waals surface area contributed by atoms with E-state index in [9.17, 15) is 9.18 Å². The van der Waals surface area contributed by atoms with Gasteiger partial charge in [0, 0.05) is 22.9 Å². The highest BCUT2D eigenvalue weighted by Gasteiger charge is 2.54. The van der Waals surface area contributed by atoms with Crippen molar-refractivity contribution in [2.45, 2.75) is 51.1 Å². The number of H-pyrrole nitrogens is 1. The quantitative estimate of drug-likeness (QED) is 0.678. The van der Waals surface area contributed by atoms with Gasteiger partial charge in [-0.3, -0.25) is 4.79 Å². The molecule has 0 spiro atoms. The number of fused-ring (bicyclic) bond motifs is 1. The van der Waals surface area contributed by atoms with E-state index < -0.39 is 18.3 Å². The second-order valence-corrected chi connectivity index (χ2v) is 7.45. The van der Waals surface area contributed by atoms with Crippen LogP contribution in [0.25, 0.3) is 10.9 Å². The minimum Gasteiger partial charge on any atom is -0.469 e. The predicted octanol–water partition coefficient (Wildman–Crippen LogP) is 3.59. The van der Waals surface area contributed by atoms with Gasteiger partial charge in [0.1, 0.15) is 5.82 Å². The van der Waals surface area contributed by atoms with Crippen LogP contribution in [0.4, 0.5) is 4.39 Å². The summed E-state index contributed by atoms with van der Waals surface area (Å²) in [6.07, 6.45) is 1.89. The topological polar surface area (TPSA) is 60.6 Å². The van der Waals surface area contributed by atoms with Gasteiger partial charge in [-0.2, -0.15) is 0 Å². The molecule has 0 radical (unpaired) electrons. The molecule has 1 N–H and O–H groups in total. The van der Waals surface area contributed by atoms with Crippen molar-refractivity contribution >= 4 is 24.0 Å². The molecule has 3 rings (SSSR count). The van der Waals surface area contributed by atoms with Gasteiger partial charge in [-0.25, -0.2) is 4.39 Å². The number of aromatic nitrogens is 1. The standard InChI is InChI=1S/C18H23BFNO4/c1-17(2)18(3,4)25-19(24-17)14(9-16(22)23-5)13-10-21-15-8-11(20)6-7-12(13)15/h6-8,10,14,21H,9H2,1-5H3. The number of carbonyl (C=O) groups is 1. The van der Waals surface area contributed by atoms with Gasteiger partial charge in [-0.1, -0.05) is 0 Å². The number of nitrogens with one attached hydrogen (secondary N) is 1. The normalized spacial score (nSPS) is 20.0. The van der Waals surface area contributed by atoms with E-state index in [1.54, 1.807) is 12.3 Å². The largest absolute Gasteiger partial charge is 0.469 e. The molecule has 0 aliphatic carbocycles. The Bertz CT molecular complexity index is 785. The van der Waals surface area contributed by atoms with Gasteiger partial charge in [-0.15, -0.1) is 0 Å². The molecule has 0 amide bonds. The lowest BCUT2D eigenvalue weighted by Gasteiger charge is -2.32. The second kappa shape index (κ2) is 6.14. The van der Waals surface area contributed by atoms with E-state index in [2.05, 4.69) is 4.98 Å². The van der Waals surface area contributed by atoms with Crippen molar-refractivity contribution in [3.05, 3.63) is 35.8 Å². The number of aromatic amines is 1. The van der Waals surface area contributed by atoms with Crippen LogP contribution in [-0.2, 0) is 18.8 Å². The number of ether oxygens (including phenoxy) is 1. The lowest BCUT2D eigenvalue weighted by Crippen LogP contribution is -2.41. The first kappa shape index (κ1) is 18.0. The van der Waals surface area contributed by atoms with Gasteiger partial charge in [0.05, 0.1) is 24.7 Å². The summed E-state index contributed by atoms with van der Waals surface area (Å²) in [6, 6.07) is 4.53. The van der Waals surface area contributed by atoms with Crippen LogP contribution in [0.15, 0.2) is 24.4 Å². The highest BCUT2D eigenvalue weighted by Crippen LogP contribution is 2.43. The molecule has 0 saturated carbocycles. The third-order valence-electron chi connectivity index (χ3n) is 5.29. The van der Waals surface area contributed by atoms with Crippen LogP contribution in [0.3, 0.4) is 0 Å².